The molecule has 3 rings (SSSR count). The van der Waals surface area contributed by atoms with Gasteiger partial charge in [0.2, 0.25) is 0 Å². The van der Waals surface area contributed by atoms with Crippen LogP contribution in [0.5, 0.6) is 0 Å². The molecule has 0 amide bonds. The fraction of sp³-hybridized carbons (Fsp3) is 0.400. The van der Waals surface area contributed by atoms with E-state index in [4.69, 9.17) is 4.74 Å². The Labute approximate surface area is 87.1 Å². The monoisotopic (exact) mass is 204 g/mol. The molecule has 2 aromatic rings. The third-order valence-corrected chi connectivity index (χ3v) is 2.53. The van der Waals surface area contributed by atoms with Crippen molar-refractivity contribution in [3.8, 4) is 0 Å². The number of morpholine rings is 1. The first-order valence-electron chi connectivity index (χ1n) is 5.05. The van der Waals surface area contributed by atoms with Gasteiger partial charge in [-0.25, -0.2) is 9.50 Å². The Hall–Kier alpha value is -1.46. The summed E-state index contributed by atoms with van der Waals surface area (Å²) in [5.41, 5.74) is 1.87. The van der Waals surface area contributed by atoms with Gasteiger partial charge < -0.3 is 10.1 Å². The van der Waals surface area contributed by atoms with Crippen LogP contribution in [0.3, 0.4) is 0 Å². The van der Waals surface area contributed by atoms with Crippen molar-refractivity contribution in [1.82, 2.24) is 19.9 Å². The molecule has 3 heterocycles. The summed E-state index contributed by atoms with van der Waals surface area (Å²) in [4.78, 5) is 4.23. The Kier molecular flexibility index (Phi) is 2.12. The summed E-state index contributed by atoms with van der Waals surface area (Å²) in [5, 5.41) is 7.82. The molecule has 0 spiro atoms. The van der Waals surface area contributed by atoms with Gasteiger partial charge in [0.25, 0.3) is 0 Å². The highest BCUT2D eigenvalue weighted by atomic mass is 16.5. The van der Waals surface area contributed by atoms with Gasteiger partial charge in [-0.3, -0.25) is 0 Å². The molecule has 2 aromatic heterocycles. The number of fused-ring (bicyclic) bond motifs is 1. The molecule has 1 aliphatic rings. The Morgan fingerprint density at radius 3 is 3.33 bits per heavy atom. The van der Waals surface area contributed by atoms with Gasteiger partial charge in [-0.1, -0.05) is 0 Å². The van der Waals surface area contributed by atoms with Crippen LogP contribution in [-0.2, 0) is 4.74 Å². The van der Waals surface area contributed by atoms with Crippen molar-refractivity contribution in [2.75, 3.05) is 19.8 Å². The SMILES string of the molecule is c1cnc2cc(C3COCCN3)nn2c1. The molecule has 1 N–H and O–H groups in total. The van der Waals surface area contributed by atoms with Crippen LogP contribution in [0.15, 0.2) is 24.5 Å². The van der Waals surface area contributed by atoms with Crippen LogP contribution in [0.4, 0.5) is 0 Å². The first-order chi connectivity index (χ1) is 7.43. The maximum Gasteiger partial charge on any atom is 0.155 e. The van der Waals surface area contributed by atoms with E-state index in [2.05, 4.69) is 15.4 Å². The minimum Gasteiger partial charge on any atom is -0.378 e. The molecule has 0 aliphatic carbocycles. The maximum absolute atomic E-state index is 5.40. The lowest BCUT2D eigenvalue weighted by Crippen LogP contribution is -2.34. The molecular formula is C10H12N4O. The molecule has 0 saturated carbocycles. The van der Waals surface area contributed by atoms with Gasteiger partial charge in [-0.2, -0.15) is 5.10 Å². The van der Waals surface area contributed by atoms with Crippen LogP contribution in [0.1, 0.15) is 11.7 Å². The molecule has 1 aliphatic heterocycles. The molecule has 1 fully saturated rings. The summed E-state index contributed by atoms with van der Waals surface area (Å²) in [6.45, 7) is 2.35. The third kappa shape index (κ3) is 1.60. The zero-order chi connectivity index (χ0) is 10.1. The summed E-state index contributed by atoms with van der Waals surface area (Å²) < 4.78 is 7.18. The van der Waals surface area contributed by atoms with Crippen molar-refractivity contribution >= 4 is 5.65 Å². The lowest BCUT2D eigenvalue weighted by molar-refractivity contribution is 0.0755. The number of ether oxygens (including phenoxy) is 1. The lowest BCUT2D eigenvalue weighted by atomic mass is 10.2. The average Bonchev–Trinajstić information content (AvgIpc) is 2.74. The number of nitrogens with one attached hydrogen (secondary N) is 1. The van der Waals surface area contributed by atoms with E-state index < -0.39 is 0 Å². The molecule has 1 atom stereocenters. The van der Waals surface area contributed by atoms with E-state index in [1.807, 2.05) is 18.3 Å². The summed E-state index contributed by atoms with van der Waals surface area (Å²) in [5.74, 6) is 0. The molecule has 1 unspecified atom stereocenters. The Morgan fingerprint density at radius 1 is 1.53 bits per heavy atom. The van der Waals surface area contributed by atoms with Gasteiger partial charge in [0.1, 0.15) is 0 Å². The number of nitrogens with zero attached hydrogens (tertiary/aromatic N) is 3. The van der Waals surface area contributed by atoms with E-state index in [9.17, 15) is 0 Å². The molecule has 5 nitrogen and oxygen atoms in total. The van der Waals surface area contributed by atoms with Crippen LogP contribution >= 0.6 is 0 Å². The molecule has 78 valence electrons. The van der Waals surface area contributed by atoms with Gasteiger partial charge in [0.05, 0.1) is 24.9 Å². The Balaban J connectivity index is 1.96. The van der Waals surface area contributed by atoms with Crippen LogP contribution in [0.25, 0.3) is 5.65 Å². The summed E-state index contributed by atoms with van der Waals surface area (Å²) >= 11 is 0. The summed E-state index contributed by atoms with van der Waals surface area (Å²) in [7, 11) is 0. The highest BCUT2D eigenvalue weighted by Crippen LogP contribution is 2.15. The van der Waals surface area contributed by atoms with Crippen molar-refractivity contribution in [3.63, 3.8) is 0 Å². The number of rotatable bonds is 1. The van der Waals surface area contributed by atoms with E-state index in [1.54, 1.807) is 10.7 Å². The number of hydrogen-bond donors (Lipinski definition) is 1. The van der Waals surface area contributed by atoms with Gasteiger partial charge in [0, 0.05) is 25.0 Å². The minimum absolute atomic E-state index is 0.195. The predicted molar refractivity (Wildman–Crippen MR) is 54.5 cm³/mol. The molecule has 0 bridgehead atoms. The standard InChI is InChI=1S/C10H12N4O/c1-2-12-10-6-8(13-14(10)4-1)9-7-15-5-3-11-9/h1-2,4,6,9,11H,3,5,7H2. The first-order valence-corrected chi connectivity index (χ1v) is 5.05. The van der Waals surface area contributed by atoms with Crippen molar-refractivity contribution in [2.24, 2.45) is 0 Å². The fourth-order valence-corrected chi connectivity index (χ4v) is 1.77. The summed E-state index contributed by atoms with van der Waals surface area (Å²) in [6.07, 6.45) is 3.67. The highest BCUT2D eigenvalue weighted by Gasteiger charge is 2.18. The van der Waals surface area contributed by atoms with Crippen LogP contribution in [0.2, 0.25) is 0 Å². The predicted octanol–water partition coefficient (Wildman–Crippen LogP) is 0.390. The topological polar surface area (TPSA) is 51.5 Å². The zero-order valence-corrected chi connectivity index (χ0v) is 8.26. The minimum atomic E-state index is 0.195. The smallest absolute Gasteiger partial charge is 0.155 e. The van der Waals surface area contributed by atoms with Crippen molar-refractivity contribution in [1.29, 1.82) is 0 Å². The quantitative estimate of drug-likeness (QED) is 0.730. The second kappa shape index (κ2) is 3.60. The van der Waals surface area contributed by atoms with Crippen molar-refractivity contribution < 1.29 is 4.74 Å². The fourth-order valence-electron chi connectivity index (χ4n) is 1.77. The molecular weight excluding hydrogens is 192 g/mol. The lowest BCUT2D eigenvalue weighted by Gasteiger charge is -2.21. The summed E-state index contributed by atoms with van der Waals surface area (Å²) in [6, 6.07) is 4.06. The second-order valence-electron chi connectivity index (χ2n) is 3.57. The van der Waals surface area contributed by atoms with E-state index >= 15 is 0 Å². The first kappa shape index (κ1) is 8.82. The Morgan fingerprint density at radius 2 is 2.53 bits per heavy atom. The Bertz CT molecular complexity index is 428. The normalized spacial score (nSPS) is 22.0. The van der Waals surface area contributed by atoms with E-state index in [-0.39, 0.29) is 6.04 Å². The largest absolute Gasteiger partial charge is 0.378 e. The number of hydrogen-bond acceptors (Lipinski definition) is 4. The molecule has 15 heavy (non-hydrogen) atoms. The van der Waals surface area contributed by atoms with E-state index in [0.717, 1.165) is 24.5 Å². The molecule has 1 saturated heterocycles. The van der Waals surface area contributed by atoms with Crippen molar-refractivity contribution in [2.45, 2.75) is 6.04 Å². The van der Waals surface area contributed by atoms with E-state index in [1.165, 1.54) is 0 Å². The van der Waals surface area contributed by atoms with Gasteiger partial charge in [-0.05, 0) is 6.07 Å². The molecule has 0 radical (unpaired) electrons. The van der Waals surface area contributed by atoms with Crippen LogP contribution < -0.4 is 5.32 Å². The van der Waals surface area contributed by atoms with Gasteiger partial charge >= 0.3 is 0 Å². The molecule has 0 aromatic carbocycles. The second-order valence-corrected chi connectivity index (χ2v) is 3.57. The third-order valence-electron chi connectivity index (χ3n) is 2.53. The number of aromatic nitrogens is 3. The van der Waals surface area contributed by atoms with Crippen molar-refractivity contribution in [3.05, 3.63) is 30.2 Å². The van der Waals surface area contributed by atoms with E-state index in [0.29, 0.717) is 6.61 Å². The van der Waals surface area contributed by atoms with Gasteiger partial charge in [-0.15, -0.1) is 0 Å². The van der Waals surface area contributed by atoms with Crippen LogP contribution in [0, 0.1) is 0 Å². The maximum atomic E-state index is 5.40. The zero-order valence-electron chi connectivity index (χ0n) is 8.26. The average molecular weight is 204 g/mol. The van der Waals surface area contributed by atoms with Crippen LogP contribution in [-0.4, -0.2) is 34.4 Å². The highest BCUT2D eigenvalue weighted by molar-refractivity contribution is 5.39. The molecule has 5 heteroatoms. The van der Waals surface area contributed by atoms with Gasteiger partial charge in [0.15, 0.2) is 5.65 Å².